The predicted octanol–water partition coefficient (Wildman–Crippen LogP) is 4.90. The second-order valence-electron chi connectivity index (χ2n) is 5.95. The van der Waals surface area contributed by atoms with Crippen molar-refractivity contribution in [1.29, 1.82) is 5.26 Å². The molecule has 0 N–H and O–H groups in total. The molecular formula is C16H19ClN2O2. The molecule has 0 atom stereocenters. The van der Waals surface area contributed by atoms with Gasteiger partial charge in [-0.15, -0.1) is 0 Å². The fourth-order valence-corrected chi connectivity index (χ4v) is 3.35. The van der Waals surface area contributed by atoms with Crippen molar-refractivity contribution in [3.05, 3.63) is 38.9 Å². The van der Waals surface area contributed by atoms with E-state index in [4.69, 9.17) is 11.6 Å². The molecule has 4 nitrogen and oxygen atoms in total. The minimum Gasteiger partial charge on any atom is -0.258 e. The molecule has 1 aliphatic rings. The van der Waals surface area contributed by atoms with Gasteiger partial charge in [0.05, 0.1) is 16.4 Å². The Balaban J connectivity index is 2.24. The van der Waals surface area contributed by atoms with Crippen LogP contribution in [0.4, 0.5) is 5.69 Å². The van der Waals surface area contributed by atoms with Crippen molar-refractivity contribution >= 4 is 17.3 Å². The standard InChI is InChI=1S/C16H19ClN2O2/c1-2-12-5-7-16(11-18,8-6-12)10-13-3-4-14(17)9-15(13)19(20)21/h3-4,9,12H,2,5-8,10H2,1H3. The summed E-state index contributed by atoms with van der Waals surface area (Å²) in [5.41, 5.74) is 0.167. The van der Waals surface area contributed by atoms with E-state index in [2.05, 4.69) is 13.0 Å². The number of nitrogens with zero attached hydrogens (tertiary/aromatic N) is 2. The Hall–Kier alpha value is -1.60. The van der Waals surface area contributed by atoms with Crippen molar-refractivity contribution in [3.8, 4) is 6.07 Å². The van der Waals surface area contributed by atoms with Crippen molar-refractivity contribution in [2.75, 3.05) is 0 Å². The number of rotatable bonds is 4. The summed E-state index contributed by atoms with van der Waals surface area (Å²) >= 11 is 5.84. The third-order valence-corrected chi connectivity index (χ3v) is 4.88. The summed E-state index contributed by atoms with van der Waals surface area (Å²) in [6, 6.07) is 7.16. The Morgan fingerprint density at radius 1 is 1.48 bits per heavy atom. The average molecular weight is 307 g/mol. The van der Waals surface area contributed by atoms with Gasteiger partial charge in [0.15, 0.2) is 0 Å². The summed E-state index contributed by atoms with van der Waals surface area (Å²) in [4.78, 5) is 10.8. The quantitative estimate of drug-likeness (QED) is 0.587. The van der Waals surface area contributed by atoms with Crippen molar-refractivity contribution in [3.63, 3.8) is 0 Å². The van der Waals surface area contributed by atoms with E-state index in [1.165, 1.54) is 6.07 Å². The zero-order valence-electron chi connectivity index (χ0n) is 12.1. The van der Waals surface area contributed by atoms with E-state index < -0.39 is 10.3 Å². The Kier molecular flexibility index (Phi) is 4.84. The first-order valence-electron chi connectivity index (χ1n) is 7.34. The molecular weight excluding hydrogens is 288 g/mol. The van der Waals surface area contributed by atoms with Gasteiger partial charge in [-0.25, -0.2) is 0 Å². The SMILES string of the molecule is CCC1CCC(C#N)(Cc2ccc(Cl)cc2[N+](=O)[O-])CC1. The Morgan fingerprint density at radius 2 is 2.14 bits per heavy atom. The fraction of sp³-hybridized carbons (Fsp3) is 0.562. The molecule has 0 amide bonds. The van der Waals surface area contributed by atoms with Crippen molar-refractivity contribution in [2.24, 2.45) is 11.3 Å². The van der Waals surface area contributed by atoms with Gasteiger partial charge in [-0.2, -0.15) is 5.26 Å². The molecule has 1 aromatic rings. The highest BCUT2D eigenvalue weighted by atomic mass is 35.5. The zero-order chi connectivity index (χ0) is 15.5. The Labute approximate surface area is 129 Å². The summed E-state index contributed by atoms with van der Waals surface area (Å²) in [5, 5.41) is 21.1. The van der Waals surface area contributed by atoms with Crippen molar-refractivity contribution in [2.45, 2.75) is 45.4 Å². The summed E-state index contributed by atoms with van der Waals surface area (Å²) in [7, 11) is 0. The van der Waals surface area contributed by atoms with Gasteiger partial charge in [0.2, 0.25) is 0 Å². The van der Waals surface area contributed by atoms with Gasteiger partial charge in [-0.1, -0.05) is 31.0 Å². The number of nitriles is 1. The van der Waals surface area contributed by atoms with Gasteiger partial charge in [-0.05, 0) is 44.1 Å². The van der Waals surface area contributed by atoms with Crippen molar-refractivity contribution < 1.29 is 4.92 Å². The van der Waals surface area contributed by atoms with Gasteiger partial charge in [0, 0.05) is 16.7 Å². The second-order valence-corrected chi connectivity index (χ2v) is 6.39. The minimum atomic E-state index is -0.468. The van der Waals surface area contributed by atoms with Crippen LogP contribution in [0.5, 0.6) is 0 Å². The molecule has 1 aliphatic carbocycles. The van der Waals surface area contributed by atoms with E-state index in [9.17, 15) is 15.4 Å². The van der Waals surface area contributed by atoms with E-state index in [1.807, 2.05) is 0 Å². The van der Waals surface area contributed by atoms with Gasteiger partial charge in [0.25, 0.3) is 5.69 Å². The molecule has 0 unspecified atom stereocenters. The molecule has 5 heteroatoms. The molecule has 0 saturated heterocycles. The number of benzene rings is 1. The van der Waals surface area contributed by atoms with E-state index in [0.29, 0.717) is 22.9 Å². The van der Waals surface area contributed by atoms with Crippen LogP contribution in [-0.2, 0) is 6.42 Å². The minimum absolute atomic E-state index is 0.0229. The van der Waals surface area contributed by atoms with Crippen LogP contribution in [0.3, 0.4) is 0 Å². The first-order chi connectivity index (χ1) is 9.99. The summed E-state index contributed by atoms with van der Waals surface area (Å²) in [5.74, 6) is 0.687. The number of hydrogen-bond donors (Lipinski definition) is 0. The maximum absolute atomic E-state index is 11.2. The number of nitro groups is 1. The van der Waals surface area contributed by atoms with Crippen LogP contribution in [0.25, 0.3) is 0 Å². The summed E-state index contributed by atoms with van der Waals surface area (Å²) in [6.07, 6.45) is 5.29. The molecule has 1 aromatic carbocycles. The summed E-state index contributed by atoms with van der Waals surface area (Å²) in [6.45, 7) is 2.17. The smallest absolute Gasteiger partial charge is 0.258 e. The van der Waals surface area contributed by atoms with Gasteiger partial charge in [0.1, 0.15) is 0 Å². The van der Waals surface area contributed by atoms with E-state index in [0.717, 1.165) is 32.1 Å². The third-order valence-electron chi connectivity index (χ3n) is 4.65. The van der Waals surface area contributed by atoms with Crippen molar-refractivity contribution in [1.82, 2.24) is 0 Å². The predicted molar refractivity (Wildman–Crippen MR) is 82.1 cm³/mol. The van der Waals surface area contributed by atoms with Crippen LogP contribution in [0.2, 0.25) is 5.02 Å². The highest BCUT2D eigenvalue weighted by Crippen LogP contribution is 2.43. The van der Waals surface area contributed by atoms with Gasteiger partial charge in [-0.3, -0.25) is 10.1 Å². The highest BCUT2D eigenvalue weighted by molar-refractivity contribution is 6.30. The first kappa shape index (κ1) is 15.8. The van der Waals surface area contributed by atoms with Crippen LogP contribution in [-0.4, -0.2) is 4.92 Å². The lowest BCUT2D eigenvalue weighted by atomic mass is 9.68. The van der Waals surface area contributed by atoms with E-state index in [1.54, 1.807) is 12.1 Å². The number of halogens is 1. The molecule has 0 aromatic heterocycles. The van der Waals surface area contributed by atoms with Crippen LogP contribution in [0, 0.1) is 32.8 Å². The van der Waals surface area contributed by atoms with E-state index >= 15 is 0 Å². The fourth-order valence-electron chi connectivity index (χ4n) is 3.19. The topological polar surface area (TPSA) is 66.9 Å². The van der Waals surface area contributed by atoms with Crippen LogP contribution >= 0.6 is 11.6 Å². The normalized spacial score (nSPS) is 25.3. The molecule has 0 spiro atoms. The number of nitro benzene ring substituents is 1. The maximum atomic E-state index is 11.2. The summed E-state index contributed by atoms with van der Waals surface area (Å²) < 4.78 is 0. The molecule has 0 bridgehead atoms. The molecule has 21 heavy (non-hydrogen) atoms. The van der Waals surface area contributed by atoms with Crippen LogP contribution < -0.4 is 0 Å². The molecule has 0 radical (unpaired) electrons. The molecule has 2 rings (SSSR count). The van der Waals surface area contributed by atoms with Crippen LogP contribution in [0.15, 0.2) is 18.2 Å². The molecule has 1 fully saturated rings. The molecule has 0 heterocycles. The maximum Gasteiger partial charge on any atom is 0.274 e. The lowest BCUT2D eigenvalue weighted by Crippen LogP contribution is -2.28. The lowest BCUT2D eigenvalue weighted by Gasteiger charge is -2.34. The molecule has 1 saturated carbocycles. The van der Waals surface area contributed by atoms with Gasteiger partial charge < -0.3 is 0 Å². The Morgan fingerprint density at radius 3 is 2.67 bits per heavy atom. The first-order valence-corrected chi connectivity index (χ1v) is 7.71. The van der Waals surface area contributed by atoms with Gasteiger partial charge >= 0.3 is 0 Å². The Bertz CT molecular complexity index is 572. The highest BCUT2D eigenvalue weighted by Gasteiger charge is 2.36. The monoisotopic (exact) mass is 306 g/mol. The molecule has 0 aliphatic heterocycles. The van der Waals surface area contributed by atoms with Crippen LogP contribution in [0.1, 0.15) is 44.6 Å². The largest absolute Gasteiger partial charge is 0.274 e. The molecule has 112 valence electrons. The second kappa shape index (κ2) is 6.44. The zero-order valence-corrected chi connectivity index (χ0v) is 12.9. The van der Waals surface area contributed by atoms with E-state index in [-0.39, 0.29) is 5.69 Å². The average Bonchev–Trinajstić information content (AvgIpc) is 2.49. The lowest BCUT2D eigenvalue weighted by molar-refractivity contribution is -0.385. The third kappa shape index (κ3) is 3.54. The number of hydrogen-bond acceptors (Lipinski definition) is 3.